The van der Waals surface area contributed by atoms with Crippen LogP contribution in [0.15, 0.2) is 22.7 Å². The second-order valence-electron chi connectivity index (χ2n) is 4.53. The van der Waals surface area contributed by atoms with Gasteiger partial charge in [0.1, 0.15) is 0 Å². The molecule has 1 saturated heterocycles. The molecule has 0 radical (unpaired) electrons. The maximum atomic E-state index is 12.2. The van der Waals surface area contributed by atoms with Crippen molar-refractivity contribution in [1.82, 2.24) is 4.90 Å². The molecule has 1 fully saturated rings. The molecule has 2 N–H and O–H groups in total. The zero-order chi connectivity index (χ0) is 14.7. The molecule has 1 aliphatic rings. The highest BCUT2D eigenvalue weighted by Crippen LogP contribution is 2.27. The first-order chi connectivity index (χ1) is 9.50. The molecule has 1 aliphatic heterocycles. The van der Waals surface area contributed by atoms with Crippen LogP contribution in [0.5, 0.6) is 0 Å². The molecule has 7 heteroatoms. The Morgan fingerprint density at radius 3 is 2.85 bits per heavy atom. The van der Waals surface area contributed by atoms with Gasteiger partial charge >= 0.3 is 12.0 Å². The van der Waals surface area contributed by atoms with Gasteiger partial charge in [-0.2, -0.15) is 0 Å². The second-order valence-corrected chi connectivity index (χ2v) is 5.38. The Kier molecular flexibility index (Phi) is 4.61. The van der Waals surface area contributed by atoms with Gasteiger partial charge in [-0.1, -0.05) is 6.07 Å². The van der Waals surface area contributed by atoms with E-state index in [1.807, 2.05) is 0 Å². The fourth-order valence-corrected chi connectivity index (χ4v) is 2.48. The van der Waals surface area contributed by atoms with Crippen LogP contribution in [0.3, 0.4) is 0 Å². The lowest BCUT2D eigenvalue weighted by molar-refractivity contribution is 0.0698. The highest BCUT2D eigenvalue weighted by atomic mass is 79.9. The average molecular weight is 343 g/mol. The number of anilines is 1. The summed E-state index contributed by atoms with van der Waals surface area (Å²) in [6.45, 7) is 1.14. The van der Waals surface area contributed by atoms with E-state index in [1.54, 1.807) is 19.2 Å². The quantitative estimate of drug-likeness (QED) is 0.883. The van der Waals surface area contributed by atoms with E-state index in [-0.39, 0.29) is 23.3 Å². The summed E-state index contributed by atoms with van der Waals surface area (Å²) in [6, 6.07) is 4.40. The standard InChI is InChI=1S/C13H15BrN2O4/c1-16(8-5-6-20-7-8)13(19)15-11-9(12(17)18)3-2-4-10(11)14/h2-4,8H,5-7H2,1H3,(H,15,19)(H,17,18). The number of nitrogens with one attached hydrogen (secondary N) is 1. The molecular weight excluding hydrogens is 328 g/mol. The Bertz CT molecular complexity index is 529. The molecule has 0 aliphatic carbocycles. The van der Waals surface area contributed by atoms with Crippen molar-refractivity contribution in [3.8, 4) is 0 Å². The van der Waals surface area contributed by atoms with Crippen molar-refractivity contribution >= 4 is 33.6 Å². The number of urea groups is 1. The highest BCUT2D eigenvalue weighted by molar-refractivity contribution is 9.10. The molecule has 1 atom stereocenters. The van der Waals surface area contributed by atoms with Crippen molar-refractivity contribution in [2.45, 2.75) is 12.5 Å². The minimum atomic E-state index is -1.09. The van der Waals surface area contributed by atoms with E-state index in [4.69, 9.17) is 9.84 Å². The maximum absolute atomic E-state index is 12.2. The molecule has 0 aromatic heterocycles. The molecule has 0 bridgehead atoms. The third kappa shape index (κ3) is 3.10. The van der Waals surface area contributed by atoms with Crippen molar-refractivity contribution in [2.75, 3.05) is 25.6 Å². The first-order valence-electron chi connectivity index (χ1n) is 6.14. The van der Waals surface area contributed by atoms with E-state index in [0.29, 0.717) is 17.7 Å². The third-order valence-corrected chi connectivity index (χ3v) is 3.91. The Morgan fingerprint density at radius 1 is 1.50 bits per heavy atom. The number of hydrogen-bond donors (Lipinski definition) is 2. The van der Waals surface area contributed by atoms with Crippen LogP contribution in [0.4, 0.5) is 10.5 Å². The predicted octanol–water partition coefficient (Wildman–Crippen LogP) is 2.40. The summed E-state index contributed by atoms with van der Waals surface area (Å²) < 4.78 is 5.77. The molecule has 0 spiro atoms. The number of likely N-dealkylation sites (N-methyl/N-ethyl adjacent to an activating group) is 1. The lowest BCUT2D eigenvalue weighted by atomic mass is 10.2. The fraction of sp³-hybridized carbons (Fsp3) is 0.385. The number of carboxylic acid groups (broad SMARTS) is 1. The molecule has 108 valence electrons. The number of carbonyl (C=O) groups excluding carboxylic acids is 1. The SMILES string of the molecule is CN(C(=O)Nc1c(Br)cccc1C(=O)O)C1CCOC1. The summed E-state index contributed by atoms with van der Waals surface area (Å²) in [5.41, 5.74) is 0.305. The van der Waals surface area contributed by atoms with Gasteiger partial charge in [-0.3, -0.25) is 0 Å². The molecule has 1 unspecified atom stereocenters. The summed E-state index contributed by atoms with van der Waals surface area (Å²) in [6.07, 6.45) is 0.783. The van der Waals surface area contributed by atoms with Crippen LogP contribution in [-0.2, 0) is 4.74 Å². The predicted molar refractivity (Wildman–Crippen MR) is 77.1 cm³/mol. The third-order valence-electron chi connectivity index (χ3n) is 3.25. The van der Waals surface area contributed by atoms with Crippen molar-refractivity contribution in [3.05, 3.63) is 28.2 Å². The van der Waals surface area contributed by atoms with Crippen LogP contribution < -0.4 is 5.32 Å². The average Bonchev–Trinajstić information content (AvgIpc) is 2.93. The molecule has 2 rings (SSSR count). The fourth-order valence-electron chi connectivity index (χ4n) is 2.02. The van der Waals surface area contributed by atoms with E-state index in [0.717, 1.165) is 6.42 Å². The Morgan fingerprint density at radius 2 is 2.25 bits per heavy atom. The number of carboxylic acids is 1. The molecule has 1 heterocycles. The van der Waals surface area contributed by atoms with Gasteiger partial charge in [-0.05, 0) is 34.5 Å². The van der Waals surface area contributed by atoms with Crippen molar-refractivity contribution < 1.29 is 19.4 Å². The number of rotatable bonds is 3. The number of benzene rings is 1. The smallest absolute Gasteiger partial charge is 0.337 e. The molecule has 20 heavy (non-hydrogen) atoms. The molecular formula is C13H15BrN2O4. The van der Waals surface area contributed by atoms with Crippen LogP contribution in [-0.4, -0.2) is 48.3 Å². The van der Waals surface area contributed by atoms with E-state index in [9.17, 15) is 9.59 Å². The number of carbonyl (C=O) groups is 2. The van der Waals surface area contributed by atoms with Crippen LogP contribution in [0.1, 0.15) is 16.8 Å². The minimum Gasteiger partial charge on any atom is -0.478 e. The maximum Gasteiger partial charge on any atom is 0.337 e. The van der Waals surface area contributed by atoms with Gasteiger partial charge in [0.25, 0.3) is 0 Å². The van der Waals surface area contributed by atoms with Crippen molar-refractivity contribution in [1.29, 1.82) is 0 Å². The lowest BCUT2D eigenvalue weighted by Crippen LogP contribution is -2.40. The summed E-state index contributed by atoms with van der Waals surface area (Å²) in [5.74, 6) is -1.09. The summed E-state index contributed by atoms with van der Waals surface area (Å²) in [7, 11) is 1.67. The molecule has 1 aromatic rings. The van der Waals surface area contributed by atoms with Gasteiger partial charge in [0.2, 0.25) is 0 Å². The monoisotopic (exact) mass is 342 g/mol. The van der Waals surface area contributed by atoms with E-state index in [1.165, 1.54) is 11.0 Å². The van der Waals surface area contributed by atoms with E-state index >= 15 is 0 Å². The molecule has 2 amide bonds. The topological polar surface area (TPSA) is 78.9 Å². The van der Waals surface area contributed by atoms with Crippen LogP contribution in [0.2, 0.25) is 0 Å². The number of nitrogens with zero attached hydrogens (tertiary/aromatic N) is 1. The summed E-state index contributed by atoms with van der Waals surface area (Å²) in [4.78, 5) is 24.9. The number of aromatic carboxylic acids is 1. The van der Waals surface area contributed by atoms with Gasteiger partial charge in [0.05, 0.1) is 23.9 Å². The molecule has 0 saturated carbocycles. The van der Waals surface area contributed by atoms with Crippen molar-refractivity contribution in [2.24, 2.45) is 0 Å². The zero-order valence-electron chi connectivity index (χ0n) is 10.9. The second kappa shape index (κ2) is 6.23. The Balaban J connectivity index is 2.16. The summed E-state index contributed by atoms with van der Waals surface area (Å²) in [5, 5.41) is 11.8. The number of halogens is 1. The highest BCUT2D eigenvalue weighted by Gasteiger charge is 2.25. The van der Waals surface area contributed by atoms with Crippen molar-refractivity contribution in [3.63, 3.8) is 0 Å². The van der Waals surface area contributed by atoms with Gasteiger partial charge < -0.3 is 20.1 Å². The lowest BCUT2D eigenvalue weighted by Gasteiger charge is -2.24. The van der Waals surface area contributed by atoms with Gasteiger partial charge in [0, 0.05) is 18.1 Å². The Hall–Kier alpha value is -1.60. The zero-order valence-corrected chi connectivity index (χ0v) is 12.5. The van der Waals surface area contributed by atoms with Crippen LogP contribution in [0, 0.1) is 0 Å². The normalized spacial score (nSPS) is 17.8. The van der Waals surface area contributed by atoms with E-state index in [2.05, 4.69) is 21.2 Å². The number of para-hydroxylation sites is 1. The van der Waals surface area contributed by atoms with Crippen LogP contribution in [0.25, 0.3) is 0 Å². The number of ether oxygens (including phenoxy) is 1. The summed E-state index contributed by atoms with van der Waals surface area (Å²) >= 11 is 3.26. The number of hydrogen-bond acceptors (Lipinski definition) is 3. The Labute approximate surface area is 124 Å². The molecule has 6 nitrogen and oxygen atoms in total. The molecule has 1 aromatic carbocycles. The number of amides is 2. The van der Waals surface area contributed by atoms with Gasteiger partial charge in [-0.25, -0.2) is 9.59 Å². The first kappa shape index (κ1) is 14.8. The minimum absolute atomic E-state index is 0.0192. The van der Waals surface area contributed by atoms with Gasteiger partial charge in [-0.15, -0.1) is 0 Å². The van der Waals surface area contributed by atoms with E-state index < -0.39 is 5.97 Å². The largest absolute Gasteiger partial charge is 0.478 e. The van der Waals surface area contributed by atoms with Gasteiger partial charge in [0.15, 0.2) is 0 Å². The first-order valence-corrected chi connectivity index (χ1v) is 6.93. The van der Waals surface area contributed by atoms with Crippen LogP contribution >= 0.6 is 15.9 Å².